The molecular formula is C23H28N6O3S2. The van der Waals surface area contributed by atoms with Gasteiger partial charge in [-0.3, -0.25) is 0 Å². The number of nitrogens with zero attached hydrogens (tertiary/aromatic N) is 4. The van der Waals surface area contributed by atoms with Crippen molar-refractivity contribution in [3.63, 3.8) is 0 Å². The lowest BCUT2D eigenvalue weighted by molar-refractivity contribution is 0.583. The van der Waals surface area contributed by atoms with Crippen molar-refractivity contribution in [1.82, 2.24) is 25.5 Å². The van der Waals surface area contributed by atoms with E-state index in [0.29, 0.717) is 23.2 Å². The Hall–Kier alpha value is -3.15. The Balaban J connectivity index is 0.00000180. The second kappa shape index (κ2) is 8.90. The maximum absolute atomic E-state index is 12.4. The van der Waals surface area contributed by atoms with E-state index in [1.807, 2.05) is 6.07 Å². The third-order valence-electron chi connectivity index (χ3n) is 5.77. The summed E-state index contributed by atoms with van der Waals surface area (Å²) in [7, 11) is -3.35. The van der Waals surface area contributed by atoms with Crippen molar-refractivity contribution < 1.29 is 15.7 Å². The van der Waals surface area contributed by atoms with Gasteiger partial charge in [0.2, 0.25) is 0 Å². The Morgan fingerprint density at radius 2 is 1.91 bits per heavy atom. The van der Waals surface area contributed by atoms with Crippen LogP contribution in [0.3, 0.4) is 0 Å². The standard InChI is InChI=1S/C23H24N6O3S2.2H2/c1-13(2)34(30,31)15-7-5-14(6-8-15)17-12-26-21(24)20(27-17)23-29-28-22(32-23)19-10-9-18(33-19)16-4-3-11-25-16;;/h5-10,12-13,16,25H,3-4,11H2,1-2H3,(H2,24,26);2*1H. The molecule has 0 amide bonds. The van der Waals surface area contributed by atoms with Crippen LogP contribution in [0.4, 0.5) is 5.82 Å². The molecule has 3 N–H and O–H groups in total. The van der Waals surface area contributed by atoms with E-state index in [1.165, 1.54) is 17.5 Å². The van der Waals surface area contributed by atoms with E-state index >= 15 is 0 Å². The number of rotatable bonds is 6. The molecule has 5 rings (SSSR count). The summed E-state index contributed by atoms with van der Waals surface area (Å²) in [6.07, 6.45) is 3.83. The van der Waals surface area contributed by atoms with Crippen LogP contribution in [0.15, 0.2) is 51.9 Å². The molecule has 0 radical (unpaired) electrons. The Morgan fingerprint density at radius 1 is 1.15 bits per heavy atom. The minimum atomic E-state index is -3.35. The van der Waals surface area contributed by atoms with Gasteiger partial charge in [0.1, 0.15) is 0 Å². The summed E-state index contributed by atoms with van der Waals surface area (Å²) in [6.45, 7) is 4.34. The van der Waals surface area contributed by atoms with Crippen LogP contribution in [0, 0.1) is 0 Å². The number of sulfone groups is 1. The summed E-state index contributed by atoms with van der Waals surface area (Å²) >= 11 is 1.63. The van der Waals surface area contributed by atoms with Crippen LogP contribution in [0.1, 0.15) is 40.5 Å². The zero-order chi connectivity index (χ0) is 23.9. The van der Waals surface area contributed by atoms with E-state index in [-0.39, 0.29) is 25.2 Å². The van der Waals surface area contributed by atoms with Crippen LogP contribution in [0.5, 0.6) is 0 Å². The molecule has 4 aromatic rings. The Kier molecular flexibility index (Phi) is 5.92. The van der Waals surface area contributed by atoms with Crippen molar-refractivity contribution >= 4 is 27.0 Å². The average Bonchev–Trinajstić information content (AvgIpc) is 3.60. The molecule has 0 bridgehead atoms. The number of benzene rings is 1. The third kappa shape index (κ3) is 4.22. The fraction of sp³-hybridized carbons (Fsp3) is 0.304. The van der Waals surface area contributed by atoms with Crippen LogP contribution in [0.2, 0.25) is 0 Å². The Morgan fingerprint density at radius 3 is 2.62 bits per heavy atom. The molecule has 1 fully saturated rings. The second-order valence-electron chi connectivity index (χ2n) is 8.37. The van der Waals surface area contributed by atoms with Crippen molar-refractivity contribution in [2.24, 2.45) is 0 Å². The molecule has 0 saturated carbocycles. The van der Waals surface area contributed by atoms with Gasteiger partial charge in [-0.15, -0.1) is 21.5 Å². The Bertz CT molecular complexity index is 1430. The van der Waals surface area contributed by atoms with Crippen molar-refractivity contribution in [3.8, 4) is 33.6 Å². The molecule has 0 spiro atoms. The van der Waals surface area contributed by atoms with Crippen molar-refractivity contribution in [1.29, 1.82) is 0 Å². The lowest BCUT2D eigenvalue weighted by Crippen LogP contribution is -2.13. The number of nitrogen functional groups attached to an aromatic ring is 1. The van der Waals surface area contributed by atoms with Crippen molar-refractivity contribution in [2.75, 3.05) is 12.3 Å². The lowest BCUT2D eigenvalue weighted by Gasteiger charge is -2.09. The predicted molar refractivity (Wildman–Crippen MR) is 135 cm³/mol. The van der Waals surface area contributed by atoms with E-state index in [1.54, 1.807) is 49.4 Å². The number of anilines is 1. The number of aromatic nitrogens is 4. The summed E-state index contributed by atoms with van der Waals surface area (Å²) in [6, 6.07) is 11.0. The number of nitrogens with two attached hydrogens (primary N) is 1. The van der Waals surface area contributed by atoms with E-state index in [2.05, 4.69) is 31.5 Å². The highest BCUT2D eigenvalue weighted by Gasteiger charge is 2.22. The van der Waals surface area contributed by atoms with Gasteiger partial charge in [-0.25, -0.2) is 18.4 Å². The normalized spacial score (nSPS) is 16.4. The summed E-state index contributed by atoms with van der Waals surface area (Å²) in [5.41, 5.74) is 7.56. The maximum atomic E-state index is 12.4. The predicted octanol–water partition coefficient (Wildman–Crippen LogP) is 4.60. The molecule has 4 heterocycles. The van der Waals surface area contributed by atoms with Crippen LogP contribution in [0.25, 0.3) is 33.6 Å². The molecule has 1 aliphatic heterocycles. The van der Waals surface area contributed by atoms with Crippen molar-refractivity contribution in [2.45, 2.75) is 42.9 Å². The van der Waals surface area contributed by atoms with E-state index in [9.17, 15) is 8.42 Å². The van der Waals surface area contributed by atoms with Gasteiger partial charge in [0.25, 0.3) is 11.8 Å². The zero-order valence-electron chi connectivity index (χ0n) is 18.7. The zero-order valence-corrected chi connectivity index (χ0v) is 20.4. The first-order chi connectivity index (χ1) is 16.3. The topological polar surface area (TPSA) is 137 Å². The largest absolute Gasteiger partial charge is 0.414 e. The highest BCUT2D eigenvalue weighted by Crippen LogP contribution is 2.35. The van der Waals surface area contributed by atoms with Gasteiger partial charge in [0.05, 0.1) is 26.9 Å². The van der Waals surface area contributed by atoms with Gasteiger partial charge in [0.15, 0.2) is 21.3 Å². The van der Waals surface area contributed by atoms with E-state index in [0.717, 1.165) is 17.8 Å². The van der Waals surface area contributed by atoms with Gasteiger partial charge in [0, 0.05) is 19.3 Å². The van der Waals surface area contributed by atoms with Gasteiger partial charge in [-0.05, 0) is 57.5 Å². The number of thiophene rings is 1. The smallest absolute Gasteiger partial charge is 0.270 e. The number of nitrogens with one attached hydrogen (secondary N) is 1. The monoisotopic (exact) mass is 500 g/mol. The quantitative estimate of drug-likeness (QED) is 0.389. The molecular weight excluding hydrogens is 472 g/mol. The molecule has 3 aromatic heterocycles. The first kappa shape index (κ1) is 22.6. The molecule has 1 aliphatic rings. The molecule has 180 valence electrons. The highest BCUT2D eigenvalue weighted by atomic mass is 32.2. The van der Waals surface area contributed by atoms with Crippen molar-refractivity contribution in [3.05, 3.63) is 47.5 Å². The molecule has 1 aromatic carbocycles. The molecule has 1 saturated heterocycles. The molecule has 1 atom stereocenters. The number of hydrogen-bond donors (Lipinski definition) is 2. The minimum absolute atomic E-state index is 0. The van der Waals surface area contributed by atoms with Gasteiger partial charge < -0.3 is 15.5 Å². The lowest BCUT2D eigenvalue weighted by atomic mass is 10.1. The molecule has 34 heavy (non-hydrogen) atoms. The van der Waals surface area contributed by atoms with Crippen LogP contribution >= 0.6 is 11.3 Å². The molecule has 1 unspecified atom stereocenters. The van der Waals surface area contributed by atoms with E-state index in [4.69, 9.17) is 10.2 Å². The molecule has 11 heteroatoms. The Labute approximate surface area is 204 Å². The fourth-order valence-corrected chi connectivity index (χ4v) is 5.88. The summed E-state index contributed by atoms with van der Waals surface area (Å²) in [5, 5.41) is 11.3. The van der Waals surface area contributed by atoms with Gasteiger partial charge in [-0.2, -0.15) is 0 Å². The van der Waals surface area contributed by atoms with Gasteiger partial charge in [-0.1, -0.05) is 12.1 Å². The first-order valence-corrected chi connectivity index (χ1v) is 13.3. The van der Waals surface area contributed by atoms with Crippen LogP contribution in [-0.2, 0) is 9.84 Å². The van der Waals surface area contributed by atoms with Crippen LogP contribution in [-0.4, -0.2) is 40.4 Å². The van der Waals surface area contributed by atoms with Gasteiger partial charge >= 0.3 is 0 Å². The number of hydrogen-bond acceptors (Lipinski definition) is 10. The highest BCUT2D eigenvalue weighted by molar-refractivity contribution is 7.92. The second-order valence-corrected chi connectivity index (χ2v) is 12.0. The SMILES string of the molecule is CC(C)S(=O)(=O)c1ccc(-c2cnc(N)c(-c3nnc(-c4ccc(C5CCCN5)s4)o3)n2)cc1.[HH].[HH]. The average molecular weight is 501 g/mol. The molecule has 9 nitrogen and oxygen atoms in total. The van der Waals surface area contributed by atoms with E-state index < -0.39 is 15.1 Å². The minimum Gasteiger partial charge on any atom is -0.414 e. The summed E-state index contributed by atoms with van der Waals surface area (Å²) in [4.78, 5) is 11.2. The fourth-order valence-electron chi connectivity index (χ4n) is 3.78. The first-order valence-electron chi connectivity index (χ1n) is 11.0. The summed E-state index contributed by atoms with van der Waals surface area (Å²) in [5.74, 6) is 0.744. The summed E-state index contributed by atoms with van der Waals surface area (Å²) < 4.78 is 30.7. The molecule has 0 aliphatic carbocycles. The maximum Gasteiger partial charge on any atom is 0.270 e. The van der Waals surface area contributed by atoms with Crippen LogP contribution < -0.4 is 11.1 Å². The third-order valence-corrected chi connectivity index (χ3v) is 9.13.